The van der Waals surface area contributed by atoms with E-state index in [-0.39, 0.29) is 36.1 Å². The van der Waals surface area contributed by atoms with E-state index in [1.54, 1.807) is 24.3 Å². The van der Waals surface area contributed by atoms with Crippen LogP contribution in [0.4, 0.5) is 0 Å². The number of amides is 1. The zero-order chi connectivity index (χ0) is 28.5. The van der Waals surface area contributed by atoms with Crippen LogP contribution in [0.3, 0.4) is 0 Å². The number of primary amides is 1. The SMILES string of the molecule is CO/N=C/c1ccc(OC)c(-c2ccc(O)c3c2C[C@H]2C[C@@H](CCO)[C@@](O)(C(=O)CC(N)=O)C(=O)C2=C3O)c1. The van der Waals surface area contributed by atoms with Crippen molar-refractivity contribution in [3.63, 3.8) is 0 Å². The van der Waals surface area contributed by atoms with E-state index in [2.05, 4.69) is 5.16 Å². The molecule has 6 N–H and O–H groups in total. The lowest BCUT2D eigenvalue weighted by molar-refractivity contribution is -0.159. The number of phenols is 1. The molecule has 0 bridgehead atoms. The minimum atomic E-state index is -2.65. The molecule has 2 aliphatic rings. The number of hydrogen-bond donors (Lipinski definition) is 5. The molecule has 0 saturated heterocycles. The van der Waals surface area contributed by atoms with E-state index < -0.39 is 53.7 Å². The van der Waals surface area contributed by atoms with Crippen molar-refractivity contribution in [1.82, 2.24) is 0 Å². The Morgan fingerprint density at radius 1 is 1.18 bits per heavy atom. The second-order valence-corrected chi connectivity index (χ2v) is 9.63. The maximum absolute atomic E-state index is 13.7. The summed E-state index contributed by atoms with van der Waals surface area (Å²) in [5, 5.41) is 46.9. The summed E-state index contributed by atoms with van der Waals surface area (Å²) in [4.78, 5) is 42.8. The van der Waals surface area contributed by atoms with Crippen LogP contribution in [0.2, 0.25) is 0 Å². The molecule has 11 heteroatoms. The molecule has 0 unspecified atom stereocenters. The number of hydrogen-bond acceptors (Lipinski definition) is 10. The number of methoxy groups -OCH3 is 1. The van der Waals surface area contributed by atoms with Crippen LogP contribution in [0.25, 0.3) is 16.9 Å². The number of benzene rings is 2. The van der Waals surface area contributed by atoms with E-state index in [4.69, 9.17) is 15.3 Å². The van der Waals surface area contributed by atoms with Gasteiger partial charge >= 0.3 is 0 Å². The van der Waals surface area contributed by atoms with Gasteiger partial charge in [-0.15, -0.1) is 0 Å². The van der Waals surface area contributed by atoms with Crippen molar-refractivity contribution in [1.29, 1.82) is 0 Å². The van der Waals surface area contributed by atoms with Crippen LogP contribution in [0.15, 0.2) is 41.1 Å². The van der Waals surface area contributed by atoms with Gasteiger partial charge in [0.1, 0.15) is 24.4 Å². The Morgan fingerprint density at radius 2 is 1.92 bits per heavy atom. The molecule has 1 amide bonds. The standard InChI is InChI=1S/C28H30N2O9/c1-38-21-6-3-14(13-30-39-2)9-18(21)17-4-5-20(32)25-19(17)11-15-10-16(7-8-31)28(37,22(33)12-23(29)34)27(36)24(15)26(25)35/h3-6,9,13,15-16,31-32,35,37H,7-8,10-12H2,1-2H3,(H2,29,34)/b30-13+/t15-,16-,28-/m1/s1. The van der Waals surface area contributed by atoms with Gasteiger partial charge in [0, 0.05) is 23.7 Å². The molecule has 39 heavy (non-hydrogen) atoms. The van der Waals surface area contributed by atoms with E-state index in [1.807, 2.05) is 0 Å². The summed E-state index contributed by atoms with van der Waals surface area (Å²) in [6.07, 6.45) is 0.766. The lowest BCUT2D eigenvalue weighted by Crippen LogP contribution is -2.59. The molecule has 1 fully saturated rings. The van der Waals surface area contributed by atoms with Crippen LogP contribution in [-0.4, -0.2) is 70.5 Å². The van der Waals surface area contributed by atoms with Gasteiger partial charge in [-0.2, -0.15) is 0 Å². The number of carbonyl (C=O) groups excluding carboxylic acids is 3. The smallest absolute Gasteiger partial charge is 0.225 e. The predicted molar refractivity (Wildman–Crippen MR) is 140 cm³/mol. The van der Waals surface area contributed by atoms with Gasteiger partial charge in [-0.3, -0.25) is 14.4 Å². The number of oxime groups is 1. The third kappa shape index (κ3) is 4.75. The minimum Gasteiger partial charge on any atom is -0.507 e. The van der Waals surface area contributed by atoms with E-state index in [1.165, 1.54) is 26.5 Å². The fraction of sp³-hybridized carbons (Fsp3) is 0.357. The number of aliphatic hydroxyl groups excluding tert-OH is 2. The number of nitrogens with two attached hydrogens (primary N) is 1. The summed E-state index contributed by atoms with van der Waals surface area (Å²) in [6, 6.07) is 8.35. The van der Waals surface area contributed by atoms with Crippen molar-refractivity contribution < 1.29 is 44.4 Å². The van der Waals surface area contributed by atoms with Crippen molar-refractivity contribution in [3.8, 4) is 22.6 Å². The molecule has 2 aliphatic carbocycles. The van der Waals surface area contributed by atoms with Crippen molar-refractivity contribution in [2.75, 3.05) is 20.8 Å². The summed E-state index contributed by atoms with van der Waals surface area (Å²) >= 11 is 0. The zero-order valence-electron chi connectivity index (χ0n) is 21.5. The van der Waals surface area contributed by atoms with Crippen LogP contribution >= 0.6 is 0 Å². The number of fused-ring (bicyclic) bond motifs is 2. The topological polar surface area (TPSA) is 189 Å². The molecule has 206 valence electrons. The molecule has 2 aromatic carbocycles. The van der Waals surface area contributed by atoms with Crippen molar-refractivity contribution in [3.05, 3.63) is 52.6 Å². The summed E-state index contributed by atoms with van der Waals surface area (Å²) in [7, 11) is 2.93. The number of nitrogens with zero attached hydrogens (tertiary/aromatic N) is 1. The molecule has 0 spiro atoms. The van der Waals surface area contributed by atoms with E-state index in [0.29, 0.717) is 28.0 Å². The highest BCUT2D eigenvalue weighted by Gasteiger charge is 2.57. The molecule has 11 nitrogen and oxygen atoms in total. The van der Waals surface area contributed by atoms with Gasteiger partial charge in [0.05, 0.1) is 25.3 Å². The molecule has 0 radical (unpaired) electrons. The van der Waals surface area contributed by atoms with Gasteiger partial charge < -0.3 is 35.7 Å². The Hall–Kier alpha value is -4.22. The molecule has 3 atom stereocenters. The summed E-state index contributed by atoms with van der Waals surface area (Å²) in [6.45, 7) is -0.419. The third-order valence-corrected chi connectivity index (χ3v) is 7.45. The highest BCUT2D eigenvalue weighted by Crippen LogP contribution is 2.51. The zero-order valence-corrected chi connectivity index (χ0v) is 21.5. The highest BCUT2D eigenvalue weighted by atomic mass is 16.6. The van der Waals surface area contributed by atoms with Gasteiger partial charge in [-0.25, -0.2) is 0 Å². The van der Waals surface area contributed by atoms with Crippen LogP contribution < -0.4 is 10.5 Å². The second kappa shape index (κ2) is 10.9. The van der Waals surface area contributed by atoms with Gasteiger partial charge in [-0.1, -0.05) is 11.2 Å². The molecule has 0 aromatic heterocycles. The molecule has 2 aromatic rings. The lowest BCUT2D eigenvalue weighted by atomic mass is 9.61. The van der Waals surface area contributed by atoms with Crippen molar-refractivity contribution in [2.45, 2.75) is 31.3 Å². The van der Waals surface area contributed by atoms with Gasteiger partial charge in [-0.05, 0) is 66.1 Å². The summed E-state index contributed by atoms with van der Waals surface area (Å²) in [5.41, 5.74) is 4.76. The van der Waals surface area contributed by atoms with Gasteiger partial charge in [0.2, 0.25) is 11.7 Å². The summed E-state index contributed by atoms with van der Waals surface area (Å²) in [5.74, 6) is -5.20. The minimum absolute atomic E-state index is 0.00424. The molecule has 0 heterocycles. The normalized spacial score (nSPS) is 22.4. The number of aromatic hydroxyl groups is 1. The van der Waals surface area contributed by atoms with E-state index >= 15 is 0 Å². The van der Waals surface area contributed by atoms with E-state index in [9.17, 15) is 34.8 Å². The Morgan fingerprint density at radius 3 is 2.56 bits per heavy atom. The van der Waals surface area contributed by atoms with Gasteiger partial charge in [0.25, 0.3) is 0 Å². The number of Topliss-reactive ketones (excluding diaryl/α,β-unsaturated/α-hetero) is 2. The Labute approximate surface area is 224 Å². The Balaban J connectivity index is 1.91. The first-order valence-electron chi connectivity index (χ1n) is 12.3. The average molecular weight is 539 g/mol. The number of ketones is 2. The molecule has 0 aliphatic heterocycles. The first-order chi connectivity index (χ1) is 18.6. The predicted octanol–water partition coefficient (Wildman–Crippen LogP) is 1.64. The van der Waals surface area contributed by atoms with Crippen LogP contribution in [0.5, 0.6) is 11.5 Å². The fourth-order valence-electron chi connectivity index (χ4n) is 5.70. The highest BCUT2D eigenvalue weighted by molar-refractivity contribution is 6.23. The number of ether oxygens (including phenoxy) is 1. The fourth-order valence-corrected chi connectivity index (χ4v) is 5.70. The first kappa shape index (κ1) is 27.8. The van der Waals surface area contributed by atoms with Crippen LogP contribution in [0.1, 0.15) is 36.0 Å². The maximum atomic E-state index is 13.7. The number of aliphatic hydroxyl groups is 3. The third-order valence-electron chi connectivity index (χ3n) is 7.45. The first-order valence-corrected chi connectivity index (χ1v) is 12.3. The lowest BCUT2D eigenvalue weighted by Gasteiger charge is -2.43. The number of rotatable bonds is 9. The Bertz CT molecular complexity index is 1400. The maximum Gasteiger partial charge on any atom is 0.225 e. The summed E-state index contributed by atoms with van der Waals surface area (Å²) < 4.78 is 5.56. The van der Waals surface area contributed by atoms with Crippen LogP contribution in [0, 0.1) is 11.8 Å². The molecular formula is C28H30N2O9. The Kier molecular flexibility index (Phi) is 7.75. The monoisotopic (exact) mass is 538 g/mol. The number of phenolic OH excluding ortho intramolecular Hbond substituents is 1. The van der Waals surface area contributed by atoms with Crippen molar-refractivity contribution >= 4 is 29.4 Å². The molecule has 1 saturated carbocycles. The van der Waals surface area contributed by atoms with Gasteiger partial charge in [0.15, 0.2) is 11.4 Å². The molecule has 4 rings (SSSR count). The largest absolute Gasteiger partial charge is 0.507 e. The molecular weight excluding hydrogens is 508 g/mol. The quantitative estimate of drug-likeness (QED) is 0.179. The van der Waals surface area contributed by atoms with E-state index in [0.717, 1.165) is 0 Å². The average Bonchev–Trinajstić information content (AvgIpc) is 2.90. The number of carbonyl (C=O) groups is 3. The second-order valence-electron chi connectivity index (χ2n) is 9.63. The van der Waals surface area contributed by atoms with Crippen LogP contribution in [-0.2, 0) is 25.6 Å². The van der Waals surface area contributed by atoms with Crippen molar-refractivity contribution in [2.24, 2.45) is 22.7 Å².